The van der Waals surface area contributed by atoms with Crippen molar-refractivity contribution in [2.45, 2.75) is 35.9 Å². The number of carboxylic acids is 1. The molecule has 3 aromatic carbocycles. The van der Waals surface area contributed by atoms with Gasteiger partial charge >= 0.3 is 5.97 Å². The van der Waals surface area contributed by atoms with Gasteiger partial charge in [-0.05, 0) is 97.8 Å². The van der Waals surface area contributed by atoms with Crippen molar-refractivity contribution >= 4 is 65.8 Å². The Morgan fingerprint density at radius 1 is 0.688 bits per heavy atom. The predicted octanol–water partition coefficient (Wildman–Crippen LogP) is 6.64. The molecule has 0 saturated carbocycles. The van der Waals surface area contributed by atoms with E-state index in [4.69, 9.17) is 10.8 Å². The first-order valence-electron chi connectivity index (χ1n) is 18.7. The Kier molecular flexibility index (Phi) is 15.0. The van der Waals surface area contributed by atoms with E-state index in [1.165, 1.54) is 72.1 Å². The Hall–Kier alpha value is -7.00. The van der Waals surface area contributed by atoms with Gasteiger partial charge in [0.1, 0.15) is 11.6 Å². The lowest BCUT2D eigenvalue weighted by molar-refractivity contribution is 0.0698. The van der Waals surface area contributed by atoms with Crippen LogP contribution in [0.15, 0.2) is 138 Å². The summed E-state index contributed by atoms with van der Waals surface area (Å²) in [4.78, 5) is 36.0. The van der Waals surface area contributed by atoms with Crippen LogP contribution < -0.4 is 11.1 Å². The molecule has 5 heterocycles. The second-order valence-corrected chi connectivity index (χ2v) is 18.1. The Morgan fingerprint density at radius 3 is 1.69 bits per heavy atom. The molecular weight excluding hydrogens is 892 g/mol. The molecular formula is C43H40ClF2N9O7S2. The van der Waals surface area contributed by atoms with Crippen LogP contribution in [0.3, 0.4) is 0 Å². The SMILES string of the molecule is C[C@H](N)c1ccnc(S(C)(=O)=O)c1.C[C@H](NC(=O)c1cncc2c1cnn2-c1ccc(F)cc1)c1cccc(S(C)(=O)=O)c1.Cl.O=C(O)c1cncc2c1cnn2-c1ccc(F)cc1. The summed E-state index contributed by atoms with van der Waals surface area (Å²) in [5.41, 5.74) is 9.91. The highest BCUT2D eigenvalue weighted by atomic mass is 35.5. The lowest BCUT2D eigenvalue weighted by atomic mass is 10.1. The van der Waals surface area contributed by atoms with Gasteiger partial charge in [0.25, 0.3) is 5.91 Å². The number of carbonyl (C=O) groups is 2. The van der Waals surface area contributed by atoms with Gasteiger partial charge in [0.15, 0.2) is 24.7 Å². The average molecular weight is 932 g/mol. The summed E-state index contributed by atoms with van der Waals surface area (Å²) in [7, 11) is -6.58. The standard InChI is InChI=1S/C22H19FN4O3S.C13H8FN3O2.C8H12N2O2S.ClH/c1-14(15-4-3-5-18(10-15)31(2,29)30)26-22(28)20-11-24-13-21-19(20)12-25-27(21)17-8-6-16(23)7-9-17;14-8-1-3-9(4-2-8)17-12-7-15-5-11(13(18)19)10(12)6-16-17;1-6(9)7-3-4-10-8(5-7)13(2,11)12;/h3-14H,1-2H3,(H,26,28);1-7H,(H,18,19);3-6H,9H2,1-2H3;1H/t14-;;6-;/m0.0./s1. The molecule has 0 aliphatic heterocycles. The molecule has 0 aliphatic carbocycles. The second kappa shape index (κ2) is 20.0. The highest BCUT2D eigenvalue weighted by Crippen LogP contribution is 2.24. The number of sulfone groups is 2. The van der Waals surface area contributed by atoms with Crippen LogP contribution in [0.4, 0.5) is 8.78 Å². The number of aromatic nitrogens is 7. The summed E-state index contributed by atoms with van der Waals surface area (Å²) in [5, 5.41) is 21.6. The highest BCUT2D eigenvalue weighted by Gasteiger charge is 2.19. The van der Waals surface area contributed by atoms with Crippen molar-refractivity contribution in [3.63, 3.8) is 0 Å². The average Bonchev–Trinajstić information content (AvgIpc) is 3.89. The van der Waals surface area contributed by atoms with Crippen LogP contribution >= 0.6 is 12.4 Å². The van der Waals surface area contributed by atoms with E-state index in [2.05, 4.69) is 30.5 Å². The summed E-state index contributed by atoms with van der Waals surface area (Å²) in [5.74, 6) is -2.12. The molecule has 16 nitrogen and oxygen atoms in total. The van der Waals surface area contributed by atoms with Gasteiger partial charge in [0, 0.05) is 47.9 Å². The normalized spacial score (nSPS) is 12.2. The molecule has 1 amide bonds. The number of nitrogens with one attached hydrogen (secondary N) is 1. The van der Waals surface area contributed by atoms with Gasteiger partial charge in [-0.2, -0.15) is 10.2 Å². The maximum absolute atomic E-state index is 13.2. The lowest BCUT2D eigenvalue weighted by Crippen LogP contribution is -2.27. The molecule has 21 heteroatoms. The minimum absolute atomic E-state index is 0. The Bertz CT molecular complexity index is 3190. The fraction of sp³-hybridized carbons (Fsp3) is 0.140. The Morgan fingerprint density at radius 2 is 1.20 bits per heavy atom. The van der Waals surface area contributed by atoms with E-state index >= 15 is 0 Å². The summed E-state index contributed by atoms with van der Waals surface area (Å²) in [6, 6.07) is 20.7. The number of carboxylic acid groups (broad SMARTS) is 1. The van der Waals surface area contributed by atoms with Crippen molar-refractivity contribution in [3.8, 4) is 11.4 Å². The number of pyridine rings is 3. The van der Waals surface area contributed by atoms with Crippen molar-refractivity contribution in [2.75, 3.05) is 12.5 Å². The summed E-state index contributed by atoms with van der Waals surface area (Å²) < 4.78 is 75.1. The summed E-state index contributed by atoms with van der Waals surface area (Å²) >= 11 is 0. The smallest absolute Gasteiger partial charge is 0.338 e. The van der Waals surface area contributed by atoms with E-state index in [-0.39, 0.29) is 51.5 Å². The molecule has 8 rings (SSSR count). The molecule has 0 spiro atoms. The van der Waals surface area contributed by atoms with Gasteiger partial charge in [-0.15, -0.1) is 12.4 Å². The molecule has 0 saturated heterocycles. The molecule has 64 heavy (non-hydrogen) atoms. The molecule has 0 unspecified atom stereocenters. The Labute approximate surface area is 372 Å². The van der Waals surface area contributed by atoms with E-state index in [0.717, 1.165) is 18.1 Å². The van der Waals surface area contributed by atoms with Crippen LogP contribution in [-0.2, 0) is 19.7 Å². The van der Waals surface area contributed by atoms with Crippen molar-refractivity contribution in [1.82, 2.24) is 39.8 Å². The minimum Gasteiger partial charge on any atom is -0.478 e. The van der Waals surface area contributed by atoms with Crippen LogP contribution in [0.25, 0.3) is 33.2 Å². The first-order valence-corrected chi connectivity index (χ1v) is 22.5. The monoisotopic (exact) mass is 931 g/mol. The van der Waals surface area contributed by atoms with E-state index < -0.39 is 31.7 Å². The van der Waals surface area contributed by atoms with Crippen molar-refractivity contribution in [3.05, 3.63) is 162 Å². The fourth-order valence-electron chi connectivity index (χ4n) is 6.09. The third-order valence-electron chi connectivity index (χ3n) is 9.41. The molecule has 0 bridgehead atoms. The molecule has 0 aliphatic rings. The van der Waals surface area contributed by atoms with Gasteiger partial charge in [0.05, 0.1) is 69.3 Å². The molecule has 0 radical (unpaired) electrons. The maximum atomic E-state index is 13.2. The zero-order valence-electron chi connectivity index (χ0n) is 34.4. The predicted molar refractivity (Wildman–Crippen MR) is 237 cm³/mol. The number of halogens is 3. The van der Waals surface area contributed by atoms with Crippen molar-refractivity contribution in [1.29, 1.82) is 0 Å². The fourth-order valence-corrected chi connectivity index (χ4v) is 7.37. The molecule has 4 N–H and O–H groups in total. The van der Waals surface area contributed by atoms with Crippen LogP contribution in [0, 0.1) is 11.6 Å². The molecule has 0 fully saturated rings. The van der Waals surface area contributed by atoms with Gasteiger partial charge < -0.3 is 16.2 Å². The van der Waals surface area contributed by atoms with E-state index in [1.54, 1.807) is 79.5 Å². The number of hydrogen-bond acceptors (Lipinski definition) is 12. The zero-order chi connectivity index (χ0) is 45.6. The molecule has 5 aromatic heterocycles. The van der Waals surface area contributed by atoms with Gasteiger partial charge in [-0.25, -0.2) is 44.8 Å². The van der Waals surface area contributed by atoms with Crippen LogP contribution in [-0.4, -0.2) is 80.8 Å². The number of amides is 1. The van der Waals surface area contributed by atoms with Gasteiger partial charge in [0.2, 0.25) is 0 Å². The maximum Gasteiger partial charge on any atom is 0.338 e. The minimum atomic E-state index is -3.35. The van der Waals surface area contributed by atoms with Gasteiger partial charge in [-0.3, -0.25) is 14.8 Å². The number of hydrogen-bond donors (Lipinski definition) is 3. The summed E-state index contributed by atoms with van der Waals surface area (Å²) in [6.45, 7) is 3.57. The number of benzene rings is 3. The third-order valence-corrected chi connectivity index (χ3v) is 11.5. The number of rotatable bonds is 9. The second-order valence-electron chi connectivity index (χ2n) is 14.1. The van der Waals surface area contributed by atoms with E-state index in [0.29, 0.717) is 44.3 Å². The van der Waals surface area contributed by atoms with Crippen molar-refractivity contribution < 1.29 is 40.3 Å². The van der Waals surface area contributed by atoms with E-state index in [1.807, 2.05) is 0 Å². The number of nitrogens with zero attached hydrogens (tertiary/aromatic N) is 7. The number of fused-ring (bicyclic) bond motifs is 2. The van der Waals surface area contributed by atoms with Crippen LogP contribution in [0.5, 0.6) is 0 Å². The third kappa shape index (κ3) is 11.3. The van der Waals surface area contributed by atoms with Crippen LogP contribution in [0.1, 0.15) is 57.8 Å². The molecule has 332 valence electrons. The first kappa shape index (κ1) is 48.0. The largest absolute Gasteiger partial charge is 0.478 e. The van der Waals surface area contributed by atoms with Crippen LogP contribution in [0.2, 0.25) is 0 Å². The lowest BCUT2D eigenvalue weighted by Gasteiger charge is -2.15. The quantitative estimate of drug-likeness (QED) is 0.138. The first-order chi connectivity index (χ1) is 29.8. The molecule has 2 atom stereocenters. The van der Waals surface area contributed by atoms with E-state index in [9.17, 15) is 35.2 Å². The Balaban J connectivity index is 0.000000199. The molecule has 8 aromatic rings. The zero-order valence-corrected chi connectivity index (χ0v) is 36.8. The van der Waals surface area contributed by atoms with Gasteiger partial charge in [-0.1, -0.05) is 12.1 Å². The number of nitrogens with two attached hydrogens (primary N) is 1. The highest BCUT2D eigenvalue weighted by molar-refractivity contribution is 7.91. The van der Waals surface area contributed by atoms with Crippen molar-refractivity contribution in [2.24, 2.45) is 5.73 Å². The number of carbonyl (C=O) groups excluding carboxylic acids is 1. The summed E-state index contributed by atoms with van der Waals surface area (Å²) in [6.07, 6.45) is 12.6. The number of aromatic carboxylic acids is 1. The topological polar surface area (TPSA) is 235 Å².